The molecule has 0 aromatic heterocycles. The summed E-state index contributed by atoms with van der Waals surface area (Å²) < 4.78 is 21.4. The van der Waals surface area contributed by atoms with Crippen molar-refractivity contribution in [2.45, 2.75) is 0 Å². The first-order valence-corrected chi connectivity index (χ1v) is 7.56. The zero-order valence-electron chi connectivity index (χ0n) is 14.4. The second-order valence-electron chi connectivity index (χ2n) is 5.04. The summed E-state index contributed by atoms with van der Waals surface area (Å²) in [5, 5.41) is 9.48. The molecule has 0 amide bonds. The van der Waals surface area contributed by atoms with Crippen LogP contribution in [0.25, 0.3) is 11.1 Å². The average Bonchev–Trinajstić information content (AvgIpc) is 2.64. The van der Waals surface area contributed by atoms with Crippen LogP contribution < -0.4 is 24.7 Å². The predicted octanol–water partition coefficient (Wildman–Crippen LogP) is 2.42. The highest BCUT2D eigenvalue weighted by Gasteiger charge is 2.24. The maximum atomic E-state index is 11.6. The van der Waals surface area contributed by atoms with E-state index in [-0.39, 0.29) is 17.1 Å². The molecule has 0 bridgehead atoms. The van der Waals surface area contributed by atoms with Crippen LogP contribution in [0, 0.1) is 0 Å². The van der Waals surface area contributed by atoms with Gasteiger partial charge in [-0.05, 0) is 23.8 Å². The van der Waals surface area contributed by atoms with E-state index in [2.05, 4.69) is 0 Å². The third kappa shape index (κ3) is 3.77. The third-order valence-corrected chi connectivity index (χ3v) is 3.59. The van der Waals surface area contributed by atoms with Crippen LogP contribution in [0.15, 0.2) is 30.3 Å². The highest BCUT2D eigenvalue weighted by molar-refractivity contribution is 5.96. The minimum Gasteiger partial charge on any atom is -0.492 e. The standard InChI is InChI=1S/C18H21NO6/c1-22-15-13(11-4-6-12(7-5-11)25-9-8-19)10-14(18(20)21)16(23-2)17(15)24-3/h4-7,10H,8-9,19H2,1-3H3,(H,20,21). The molecular formula is C18H21NO6. The first kappa shape index (κ1) is 18.4. The maximum absolute atomic E-state index is 11.6. The van der Waals surface area contributed by atoms with Gasteiger partial charge in [0, 0.05) is 12.1 Å². The van der Waals surface area contributed by atoms with Crippen molar-refractivity contribution >= 4 is 5.97 Å². The minimum absolute atomic E-state index is 0.0152. The van der Waals surface area contributed by atoms with Crippen LogP contribution in [0.4, 0.5) is 0 Å². The van der Waals surface area contributed by atoms with Gasteiger partial charge < -0.3 is 29.8 Å². The van der Waals surface area contributed by atoms with Crippen molar-refractivity contribution in [2.24, 2.45) is 5.73 Å². The molecule has 0 heterocycles. The van der Waals surface area contributed by atoms with Crippen molar-refractivity contribution in [3.05, 3.63) is 35.9 Å². The fourth-order valence-corrected chi connectivity index (χ4v) is 2.49. The van der Waals surface area contributed by atoms with Gasteiger partial charge in [-0.15, -0.1) is 0 Å². The van der Waals surface area contributed by atoms with Gasteiger partial charge in [-0.2, -0.15) is 0 Å². The van der Waals surface area contributed by atoms with Crippen LogP contribution in [-0.2, 0) is 0 Å². The van der Waals surface area contributed by atoms with Gasteiger partial charge in [0.15, 0.2) is 11.5 Å². The predicted molar refractivity (Wildman–Crippen MR) is 93.0 cm³/mol. The van der Waals surface area contributed by atoms with E-state index in [1.54, 1.807) is 24.3 Å². The summed E-state index contributed by atoms with van der Waals surface area (Å²) in [4.78, 5) is 11.6. The SMILES string of the molecule is COc1c(C(=O)O)cc(-c2ccc(OCCN)cc2)c(OC)c1OC. The molecule has 0 aliphatic carbocycles. The van der Waals surface area contributed by atoms with Crippen LogP contribution >= 0.6 is 0 Å². The number of carbonyl (C=O) groups is 1. The molecule has 3 N–H and O–H groups in total. The van der Waals surface area contributed by atoms with Gasteiger partial charge in [-0.1, -0.05) is 12.1 Å². The quantitative estimate of drug-likeness (QED) is 0.756. The topological polar surface area (TPSA) is 100 Å². The molecule has 25 heavy (non-hydrogen) atoms. The van der Waals surface area contributed by atoms with E-state index in [0.717, 1.165) is 5.56 Å². The Morgan fingerprint density at radius 3 is 2.08 bits per heavy atom. The molecule has 0 atom stereocenters. The molecule has 2 aromatic rings. The molecule has 134 valence electrons. The number of benzene rings is 2. The van der Waals surface area contributed by atoms with Gasteiger partial charge in [0.1, 0.15) is 17.9 Å². The number of ether oxygens (including phenoxy) is 4. The third-order valence-electron chi connectivity index (χ3n) is 3.59. The molecule has 0 saturated carbocycles. The van der Waals surface area contributed by atoms with Crippen molar-refractivity contribution < 1.29 is 28.8 Å². The van der Waals surface area contributed by atoms with Crippen molar-refractivity contribution in [2.75, 3.05) is 34.5 Å². The number of nitrogens with two attached hydrogens (primary N) is 1. The lowest BCUT2D eigenvalue weighted by molar-refractivity contribution is 0.0692. The van der Waals surface area contributed by atoms with Crippen molar-refractivity contribution in [1.82, 2.24) is 0 Å². The molecule has 2 aromatic carbocycles. The number of hydrogen-bond acceptors (Lipinski definition) is 6. The van der Waals surface area contributed by atoms with Crippen molar-refractivity contribution in [1.29, 1.82) is 0 Å². The first-order chi connectivity index (χ1) is 12.1. The highest BCUT2D eigenvalue weighted by atomic mass is 16.5. The summed E-state index contributed by atoms with van der Waals surface area (Å²) >= 11 is 0. The van der Waals surface area contributed by atoms with Gasteiger partial charge >= 0.3 is 5.97 Å². The van der Waals surface area contributed by atoms with Gasteiger partial charge in [-0.3, -0.25) is 0 Å². The fraction of sp³-hybridized carbons (Fsp3) is 0.278. The summed E-state index contributed by atoms with van der Waals surface area (Å²) in [6.45, 7) is 0.843. The van der Waals surface area contributed by atoms with Crippen LogP contribution in [0.1, 0.15) is 10.4 Å². The van der Waals surface area contributed by atoms with Crippen LogP contribution in [0.2, 0.25) is 0 Å². The van der Waals surface area contributed by atoms with Crippen LogP contribution in [0.3, 0.4) is 0 Å². The molecule has 0 aliphatic rings. The Bertz CT molecular complexity index is 742. The lowest BCUT2D eigenvalue weighted by atomic mass is 10.00. The lowest BCUT2D eigenvalue weighted by Crippen LogP contribution is -2.10. The molecule has 7 heteroatoms. The maximum Gasteiger partial charge on any atom is 0.339 e. The lowest BCUT2D eigenvalue weighted by Gasteiger charge is -2.18. The zero-order chi connectivity index (χ0) is 18.4. The number of carboxylic acids is 1. The van der Waals surface area contributed by atoms with E-state index in [1.807, 2.05) is 0 Å². The van der Waals surface area contributed by atoms with Gasteiger partial charge in [0.05, 0.1) is 21.3 Å². The fourth-order valence-electron chi connectivity index (χ4n) is 2.49. The van der Waals surface area contributed by atoms with E-state index >= 15 is 0 Å². The Balaban J connectivity index is 2.59. The van der Waals surface area contributed by atoms with Gasteiger partial charge in [0.2, 0.25) is 5.75 Å². The van der Waals surface area contributed by atoms with Gasteiger partial charge in [0.25, 0.3) is 0 Å². The largest absolute Gasteiger partial charge is 0.492 e. The number of carboxylic acid groups (broad SMARTS) is 1. The van der Waals surface area contributed by atoms with Crippen LogP contribution in [0.5, 0.6) is 23.0 Å². The average molecular weight is 347 g/mol. The second kappa shape index (κ2) is 8.25. The summed E-state index contributed by atoms with van der Waals surface area (Å²) in [6.07, 6.45) is 0. The minimum atomic E-state index is -1.12. The Hall–Kier alpha value is -2.93. The Morgan fingerprint density at radius 1 is 1.00 bits per heavy atom. The molecule has 2 rings (SSSR count). The smallest absolute Gasteiger partial charge is 0.339 e. The molecule has 0 unspecified atom stereocenters. The number of aromatic carboxylic acids is 1. The molecule has 0 saturated heterocycles. The number of hydrogen-bond donors (Lipinski definition) is 2. The monoisotopic (exact) mass is 347 g/mol. The highest BCUT2D eigenvalue weighted by Crippen LogP contribution is 2.46. The summed E-state index contributed by atoms with van der Waals surface area (Å²) in [6, 6.07) is 8.67. The summed E-state index contributed by atoms with van der Waals surface area (Å²) in [5.74, 6) is 0.274. The van der Waals surface area contributed by atoms with E-state index < -0.39 is 5.97 Å². The first-order valence-electron chi connectivity index (χ1n) is 7.56. The Kier molecular flexibility index (Phi) is 6.08. The van der Waals surface area contributed by atoms with E-state index in [4.69, 9.17) is 24.7 Å². The normalized spacial score (nSPS) is 10.2. The Labute approximate surface area is 145 Å². The molecule has 0 radical (unpaired) electrons. The molecular weight excluding hydrogens is 326 g/mol. The molecule has 7 nitrogen and oxygen atoms in total. The summed E-state index contributed by atoms with van der Waals surface area (Å²) in [5.41, 5.74) is 6.72. The van der Waals surface area contributed by atoms with Gasteiger partial charge in [-0.25, -0.2) is 4.79 Å². The van der Waals surface area contributed by atoms with E-state index in [1.165, 1.54) is 27.4 Å². The van der Waals surface area contributed by atoms with E-state index in [9.17, 15) is 9.90 Å². The Morgan fingerprint density at radius 2 is 1.60 bits per heavy atom. The van der Waals surface area contributed by atoms with Crippen LogP contribution in [-0.4, -0.2) is 45.6 Å². The van der Waals surface area contributed by atoms with Crippen molar-refractivity contribution in [3.63, 3.8) is 0 Å². The summed E-state index contributed by atoms with van der Waals surface area (Å²) in [7, 11) is 4.30. The molecule has 0 aliphatic heterocycles. The second-order valence-corrected chi connectivity index (χ2v) is 5.04. The molecule has 0 spiro atoms. The van der Waals surface area contributed by atoms with E-state index in [0.29, 0.717) is 30.2 Å². The zero-order valence-corrected chi connectivity index (χ0v) is 14.4. The number of rotatable bonds is 8. The number of methoxy groups -OCH3 is 3. The van der Waals surface area contributed by atoms with Crippen molar-refractivity contribution in [3.8, 4) is 34.1 Å². The molecule has 0 fully saturated rings.